The smallest absolute Gasteiger partial charge is 0.272 e. The molecule has 1 aromatic heterocycles. The van der Waals surface area contributed by atoms with Crippen LogP contribution in [0.25, 0.3) is 0 Å². The number of nitrogens with zero attached hydrogens (tertiary/aromatic N) is 2. The molecule has 1 heterocycles. The molecule has 0 radical (unpaired) electrons. The van der Waals surface area contributed by atoms with Gasteiger partial charge in [-0.05, 0) is 38.5 Å². The molecule has 0 aliphatic heterocycles. The van der Waals surface area contributed by atoms with E-state index in [2.05, 4.69) is 22.2 Å². The molecule has 2 rings (SSSR count). The first-order valence-corrected chi connectivity index (χ1v) is 7.25. The summed E-state index contributed by atoms with van der Waals surface area (Å²) in [6, 6.07) is 0. The molecule has 0 saturated heterocycles. The first-order valence-electron chi connectivity index (χ1n) is 6.84. The van der Waals surface area contributed by atoms with Gasteiger partial charge in [0.05, 0.1) is 22.4 Å². The number of amides is 1. The zero-order valence-corrected chi connectivity index (χ0v) is 12.7. The highest BCUT2D eigenvalue weighted by Gasteiger charge is 2.38. The third-order valence-corrected chi connectivity index (χ3v) is 4.36. The Hall–Kier alpha value is -1.56. The lowest BCUT2D eigenvalue weighted by Gasteiger charge is -2.39. The summed E-state index contributed by atoms with van der Waals surface area (Å²) in [6.07, 6.45) is 6.64. The Bertz CT molecular complexity index is 506. The normalized spacial score (nSPS) is 26.0. The first-order chi connectivity index (χ1) is 9.43. The SMILES string of the molecule is Cc1cnc(C(=O)NC2(C(N)=S)CCC(C)CC2)cn1. The number of nitrogens with two attached hydrogens (primary N) is 1. The minimum atomic E-state index is -0.578. The van der Waals surface area contributed by atoms with Gasteiger partial charge < -0.3 is 11.1 Å². The predicted octanol–water partition coefficient (Wildman–Crippen LogP) is 1.75. The quantitative estimate of drug-likeness (QED) is 0.830. The fraction of sp³-hybridized carbons (Fsp3) is 0.571. The molecule has 0 atom stereocenters. The van der Waals surface area contributed by atoms with Gasteiger partial charge in [0.15, 0.2) is 0 Å². The highest BCUT2D eigenvalue weighted by molar-refractivity contribution is 7.80. The fourth-order valence-electron chi connectivity index (χ4n) is 2.48. The summed E-state index contributed by atoms with van der Waals surface area (Å²) in [5.41, 5.74) is 6.37. The number of rotatable bonds is 3. The lowest BCUT2D eigenvalue weighted by atomic mass is 9.77. The van der Waals surface area contributed by atoms with Crippen molar-refractivity contribution in [1.82, 2.24) is 15.3 Å². The maximum Gasteiger partial charge on any atom is 0.272 e. The first kappa shape index (κ1) is 14.8. The van der Waals surface area contributed by atoms with Gasteiger partial charge in [0.1, 0.15) is 5.69 Å². The molecule has 0 aromatic carbocycles. The number of aryl methyl sites for hydroxylation is 1. The van der Waals surface area contributed by atoms with Gasteiger partial charge in [0.2, 0.25) is 0 Å². The summed E-state index contributed by atoms with van der Waals surface area (Å²) in [5.74, 6) is 0.383. The molecule has 0 unspecified atom stereocenters. The molecule has 1 aliphatic carbocycles. The van der Waals surface area contributed by atoms with Gasteiger partial charge in [0, 0.05) is 6.20 Å². The summed E-state index contributed by atoms with van der Waals surface area (Å²) < 4.78 is 0. The largest absolute Gasteiger partial charge is 0.391 e. The second-order valence-electron chi connectivity index (χ2n) is 5.63. The van der Waals surface area contributed by atoms with Crippen molar-refractivity contribution < 1.29 is 4.79 Å². The van der Waals surface area contributed by atoms with Crippen molar-refractivity contribution in [3.05, 3.63) is 23.8 Å². The Labute approximate surface area is 124 Å². The summed E-state index contributed by atoms with van der Waals surface area (Å²) in [7, 11) is 0. The highest BCUT2D eigenvalue weighted by Crippen LogP contribution is 2.32. The molecule has 1 aromatic rings. The van der Waals surface area contributed by atoms with Crippen molar-refractivity contribution >= 4 is 23.1 Å². The minimum Gasteiger partial charge on any atom is -0.391 e. The number of carbonyl (C=O) groups is 1. The maximum atomic E-state index is 12.3. The van der Waals surface area contributed by atoms with Crippen LogP contribution in [0.3, 0.4) is 0 Å². The van der Waals surface area contributed by atoms with E-state index in [-0.39, 0.29) is 5.91 Å². The molecular weight excluding hydrogens is 272 g/mol. The Morgan fingerprint density at radius 3 is 2.55 bits per heavy atom. The van der Waals surface area contributed by atoms with E-state index in [1.807, 2.05) is 6.92 Å². The van der Waals surface area contributed by atoms with E-state index in [9.17, 15) is 4.79 Å². The third kappa shape index (κ3) is 3.12. The molecule has 6 heteroatoms. The monoisotopic (exact) mass is 292 g/mol. The number of carbonyl (C=O) groups excluding carboxylic acids is 1. The van der Waals surface area contributed by atoms with Crippen LogP contribution in [-0.2, 0) is 0 Å². The van der Waals surface area contributed by atoms with Crippen LogP contribution in [0.2, 0.25) is 0 Å². The van der Waals surface area contributed by atoms with Crippen LogP contribution in [0.5, 0.6) is 0 Å². The molecule has 5 nitrogen and oxygen atoms in total. The molecule has 1 aliphatic rings. The molecule has 1 saturated carbocycles. The van der Waals surface area contributed by atoms with Crippen molar-refractivity contribution in [1.29, 1.82) is 0 Å². The van der Waals surface area contributed by atoms with E-state index in [1.165, 1.54) is 6.20 Å². The van der Waals surface area contributed by atoms with Crippen molar-refractivity contribution in [3.63, 3.8) is 0 Å². The number of thiocarbonyl (C=S) groups is 1. The standard InChI is InChI=1S/C14H20N4OS/c1-9-3-5-14(6-4-9,13(15)20)18-12(19)11-8-16-10(2)7-17-11/h7-9H,3-6H2,1-2H3,(H2,15,20)(H,18,19). The summed E-state index contributed by atoms with van der Waals surface area (Å²) in [5, 5.41) is 2.98. The lowest BCUT2D eigenvalue weighted by molar-refractivity contribution is 0.0895. The summed E-state index contributed by atoms with van der Waals surface area (Å²) in [4.78, 5) is 20.8. The van der Waals surface area contributed by atoms with E-state index >= 15 is 0 Å². The zero-order valence-electron chi connectivity index (χ0n) is 11.8. The summed E-state index contributed by atoms with van der Waals surface area (Å²) in [6.45, 7) is 4.03. The van der Waals surface area contributed by atoms with Crippen LogP contribution in [0.1, 0.15) is 48.8 Å². The van der Waals surface area contributed by atoms with Crippen molar-refractivity contribution in [2.45, 2.75) is 45.1 Å². The molecule has 0 bridgehead atoms. The van der Waals surface area contributed by atoms with Gasteiger partial charge in [-0.3, -0.25) is 9.78 Å². The number of nitrogens with one attached hydrogen (secondary N) is 1. The van der Waals surface area contributed by atoms with Gasteiger partial charge in [-0.2, -0.15) is 0 Å². The van der Waals surface area contributed by atoms with Gasteiger partial charge in [0.25, 0.3) is 5.91 Å². The third-order valence-electron chi connectivity index (χ3n) is 3.97. The molecule has 0 spiro atoms. The van der Waals surface area contributed by atoms with Crippen molar-refractivity contribution in [2.75, 3.05) is 0 Å². The average molecular weight is 292 g/mol. The van der Waals surface area contributed by atoms with Crippen LogP contribution >= 0.6 is 12.2 Å². The zero-order chi connectivity index (χ0) is 14.8. The van der Waals surface area contributed by atoms with Crippen LogP contribution in [0.15, 0.2) is 12.4 Å². The van der Waals surface area contributed by atoms with Crippen LogP contribution in [0.4, 0.5) is 0 Å². The second kappa shape index (κ2) is 5.83. The Balaban J connectivity index is 2.14. The van der Waals surface area contributed by atoms with Gasteiger partial charge in [-0.25, -0.2) is 4.98 Å². The van der Waals surface area contributed by atoms with Crippen molar-refractivity contribution in [2.24, 2.45) is 11.7 Å². The van der Waals surface area contributed by atoms with Crippen LogP contribution in [0, 0.1) is 12.8 Å². The average Bonchev–Trinajstić information content (AvgIpc) is 2.42. The van der Waals surface area contributed by atoms with E-state index in [4.69, 9.17) is 18.0 Å². The van der Waals surface area contributed by atoms with E-state index in [0.29, 0.717) is 16.6 Å². The van der Waals surface area contributed by atoms with Gasteiger partial charge in [-0.1, -0.05) is 19.1 Å². The molecule has 3 N–H and O–H groups in total. The van der Waals surface area contributed by atoms with Crippen LogP contribution < -0.4 is 11.1 Å². The second-order valence-corrected chi connectivity index (χ2v) is 6.07. The molecular formula is C14H20N4OS. The van der Waals surface area contributed by atoms with E-state index in [0.717, 1.165) is 31.4 Å². The molecule has 1 fully saturated rings. The number of aromatic nitrogens is 2. The highest BCUT2D eigenvalue weighted by atomic mass is 32.1. The Kier molecular flexibility index (Phi) is 4.32. The topological polar surface area (TPSA) is 80.9 Å². The Morgan fingerprint density at radius 2 is 2.05 bits per heavy atom. The van der Waals surface area contributed by atoms with Crippen molar-refractivity contribution in [3.8, 4) is 0 Å². The fourth-order valence-corrected chi connectivity index (χ4v) is 2.73. The van der Waals surface area contributed by atoms with Gasteiger partial charge >= 0.3 is 0 Å². The number of hydrogen-bond donors (Lipinski definition) is 2. The maximum absolute atomic E-state index is 12.3. The predicted molar refractivity (Wildman–Crippen MR) is 81.4 cm³/mol. The van der Waals surface area contributed by atoms with Crippen LogP contribution in [-0.4, -0.2) is 26.4 Å². The number of hydrogen-bond acceptors (Lipinski definition) is 4. The minimum absolute atomic E-state index is 0.264. The Morgan fingerprint density at radius 1 is 1.40 bits per heavy atom. The summed E-state index contributed by atoms with van der Waals surface area (Å²) >= 11 is 5.18. The van der Waals surface area contributed by atoms with Gasteiger partial charge in [-0.15, -0.1) is 0 Å². The molecule has 20 heavy (non-hydrogen) atoms. The van der Waals surface area contributed by atoms with E-state index < -0.39 is 5.54 Å². The lowest BCUT2D eigenvalue weighted by Crippen LogP contribution is -2.58. The molecule has 108 valence electrons. The van der Waals surface area contributed by atoms with E-state index in [1.54, 1.807) is 6.20 Å². The molecule has 1 amide bonds.